The van der Waals surface area contributed by atoms with Gasteiger partial charge in [-0.15, -0.1) is 0 Å². The van der Waals surface area contributed by atoms with Crippen molar-refractivity contribution in [1.29, 1.82) is 0 Å². The molecule has 15 heavy (non-hydrogen) atoms. The van der Waals surface area contributed by atoms with Crippen LogP contribution in [0.25, 0.3) is 11.1 Å². The minimum atomic E-state index is -0.270. The van der Waals surface area contributed by atoms with Crippen molar-refractivity contribution >= 4 is 0 Å². The lowest BCUT2D eigenvalue weighted by Gasteiger charge is -2.03. The second-order valence-electron chi connectivity index (χ2n) is 3.46. The average molecular weight is 205 g/mol. The van der Waals surface area contributed by atoms with Crippen LogP contribution in [0.1, 0.15) is 11.3 Å². The Morgan fingerprint density at radius 2 is 2.20 bits per heavy atom. The topological polar surface area (TPSA) is 54.7 Å². The van der Waals surface area contributed by atoms with Gasteiger partial charge in [0.25, 0.3) is 0 Å². The van der Waals surface area contributed by atoms with E-state index in [1.165, 1.54) is 12.1 Å². The quantitative estimate of drug-likeness (QED) is 0.787. The van der Waals surface area contributed by atoms with Gasteiger partial charge in [-0.1, -0.05) is 0 Å². The van der Waals surface area contributed by atoms with Crippen LogP contribution in [0.15, 0.2) is 24.4 Å². The molecule has 2 aromatic rings. The summed E-state index contributed by atoms with van der Waals surface area (Å²) in [5.41, 5.74) is 8.91. The predicted octanol–water partition coefficient (Wildman–Crippen LogP) is 1.98. The van der Waals surface area contributed by atoms with Gasteiger partial charge < -0.3 is 5.73 Å². The molecule has 1 aromatic carbocycles. The number of hydrogen-bond donors (Lipinski definition) is 2. The predicted molar refractivity (Wildman–Crippen MR) is 56.6 cm³/mol. The number of benzene rings is 1. The fourth-order valence-corrected chi connectivity index (χ4v) is 1.57. The molecular weight excluding hydrogens is 193 g/mol. The van der Waals surface area contributed by atoms with Crippen molar-refractivity contribution in [1.82, 2.24) is 10.2 Å². The summed E-state index contributed by atoms with van der Waals surface area (Å²) in [6.45, 7) is 2.23. The smallest absolute Gasteiger partial charge is 0.124 e. The normalized spacial score (nSPS) is 10.6. The molecule has 0 spiro atoms. The Labute approximate surface area is 87.1 Å². The number of H-pyrrole nitrogens is 1. The van der Waals surface area contributed by atoms with Crippen molar-refractivity contribution in [3.05, 3.63) is 41.5 Å². The van der Waals surface area contributed by atoms with Gasteiger partial charge in [-0.3, -0.25) is 5.10 Å². The van der Waals surface area contributed by atoms with Crippen molar-refractivity contribution in [2.75, 3.05) is 0 Å². The van der Waals surface area contributed by atoms with Crippen molar-refractivity contribution < 1.29 is 4.39 Å². The maximum absolute atomic E-state index is 13.3. The van der Waals surface area contributed by atoms with E-state index in [9.17, 15) is 4.39 Å². The molecule has 0 radical (unpaired) electrons. The summed E-state index contributed by atoms with van der Waals surface area (Å²) in [4.78, 5) is 0. The maximum Gasteiger partial charge on any atom is 0.124 e. The standard InChI is InChI=1S/C11H12FN3/c1-7-11(6-14-15-7)9-2-8(5-13)3-10(12)4-9/h2-4,6H,5,13H2,1H3,(H,14,15). The number of aromatic amines is 1. The van der Waals surface area contributed by atoms with Crippen LogP contribution in [0.2, 0.25) is 0 Å². The molecule has 0 aliphatic rings. The van der Waals surface area contributed by atoms with Gasteiger partial charge in [0.15, 0.2) is 0 Å². The van der Waals surface area contributed by atoms with Gasteiger partial charge >= 0.3 is 0 Å². The summed E-state index contributed by atoms with van der Waals surface area (Å²) < 4.78 is 13.3. The molecule has 0 fully saturated rings. The fraction of sp³-hybridized carbons (Fsp3) is 0.182. The minimum absolute atomic E-state index is 0.270. The summed E-state index contributed by atoms with van der Waals surface area (Å²) in [6.07, 6.45) is 1.68. The van der Waals surface area contributed by atoms with Gasteiger partial charge in [-0.25, -0.2) is 4.39 Å². The second kappa shape index (κ2) is 3.82. The fourth-order valence-electron chi connectivity index (χ4n) is 1.57. The Morgan fingerprint density at radius 3 is 2.80 bits per heavy atom. The molecule has 0 saturated heterocycles. The summed E-state index contributed by atoms with van der Waals surface area (Å²) in [7, 11) is 0. The molecule has 1 heterocycles. The molecule has 4 heteroatoms. The third kappa shape index (κ3) is 1.89. The van der Waals surface area contributed by atoms with E-state index in [1.807, 2.05) is 13.0 Å². The molecule has 0 bridgehead atoms. The number of nitrogens with zero attached hydrogens (tertiary/aromatic N) is 1. The lowest BCUT2D eigenvalue weighted by Crippen LogP contribution is -1.97. The summed E-state index contributed by atoms with van der Waals surface area (Å²) in [6, 6.07) is 4.80. The number of halogens is 1. The van der Waals surface area contributed by atoms with Crippen LogP contribution in [0.5, 0.6) is 0 Å². The molecule has 0 amide bonds. The van der Waals surface area contributed by atoms with Crippen LogP contribution < -0.4 is 5.73 Å². The Balaban J connectivity index is 2.53. The number of hydrogen-bond acceptors (Lipinski definition) is 2. The van der Waals surface area contributed by atoms with E-state index in [4.69, 9.17) is 5.73 Å². The molecule has 3 nitrogen and oxygen atoms in total. The van der Waals surface area contributed by atoms with Crippen LogP contribution in [-0.2, 0) is 6.54 Å². The van der Waals surface area contributed by atoms with E-state index in [-0.39, 0.29) is 5.82 Å². The number of aryl methyl sites for hydroxylation is 1. The first-order valence-corrected chi connectivity index (χ1v) is 4.70. The molecule has 0 aliphatic carbocycles. The molecule has 0 atom stereocenters. The van der Waals surface area contributed by atoms with Crippen LogP contribution in [0, 0.1) is 12.7 Å². The highest BCUT2D eigenvalue weighted by atomic mass is 19.1. The maximum atomic E-state index is 13.3. The molecule has 2 rings (SSSR count). The van der Waals surface area contributed by atoms with Crippen LogP contribution in [0.3, 0.4) is 0 Å². The monoisotopic (exact) mass is 205 g/mol. The van der Waals surface area contributed by atoms with Crippen LogP contribution in [0.4, 0.5) is 4.39 Å². The van der Waals surface area contributed by atoms with Crippen molar-refractivity contribution in [2.24, 2.45) is 5.73 Å². The van der Waals surface area contributed by atoms with Crippen molar-refractivity contribution in [3.8, 4) is 11.1 Å². The molecule has 0 saturated carbocycles. The lowest BCUT2D eigenvalue weighted by molar-refractivity contribution is 0.626. The van der Waals surface area contributed by atoms with Gasteiger partial charge in [0.05, 0.1) is 6.20 Å². The molecule has 0 aliphatic heterocycles. The zero-order chi connectivity index (χ0) is 10.8. The molecule has 3 N–H and O–H groups in total. The van der Waals surface area contributed by atoms with E-state index in [0.717, 1.165) is 22.4 Å². The molecule has 0 unspecified atom stereocenters. The molecular formula is C11H12FN3. The Kier molecular flexibility index (Phi) is 2.51. The molecule has 1 aromatic heterocycles. The van der Waals surface area contributed by atoms with E-state index in [2.05, 4.69) is 10.2 Å². The number of aromatic nitrogens is 2. The summed E-state index contributed by atoms with van der Waals surface area (Å²) >= 11 is 0. The zero-order valence-electron chi connectivity index (χ0n) is 8.42. The molecule has 78 valence electrons. The van der Waals surface area contributed by atoms with Gasteiger partial charge in [0.1, 0.15) is 5.82 Å². The second-order valence-corrected chi connectivity index (χ2v) is 3.46. The van der Waals surface area contributed by atoms with Crippen LogP contribution >= 0.6 is 0 Å². The van der Waals surface area contributed by atoms with E-state index >= 15 is 0 Å². The van der Waals surface area contributed by atoms with E-state index < -0.39 is 0 Å². The van der Waals surface area contributed by atoms with Crippen molar-refractivity contribution in [3.63, 3.8) is 0 Å². The highest BCUT2D eigenvalue weighted by molar-refractivity contribution is 5.65. The SMILES string of the molecule is Cc1[nH]ncc1-c1cc(F)cc(CN)c1. The number of rotatable bonds is 2. The van der Waals surface area contributed by atoms with E-state index in [0.29, 0.717) is 6.54 Å². The Morgan fingerprint density at radius 1 is 1.40 bits per heavy atom. The Hall–Kier alpha value is -1.68. The van der Waals surface area contributed by atoms with E-state index in [1.54, 1.807) is 6.20 Å². The number of nitrogens with two attached hydrogens (primary N) is 1. The first-order chi connectivity index (χ1) is 7.20. The van der Waals surface area contributed by atoms with Gasteiger partial charge in [0.2, 0.25) is 0 Å². The summed E-state index contributed by atoms with van der Waals surface area (Å²) in [5, 5.41) is 6.72. The average Bonchev–Trinajstić information content (AvgIpc) is 2.63. The van der Waals surface area contributed by atoms with Crippen LogP contribution in [-0.4, -0.2) is 10.2 Å². The summed E-state index contributed by atoms with van der Waals surface area (Å²) in [5.74, 6) is -0.270. The first-order valence-electron chi connectivity index (χ1n) is 4.70. The van der Waals surface area contributed by atoms with Gasteiger partial charge in [0, 0.05) is 17.8 Å². The zero-order valence-corrected chi connectivity index (χ0v) is 8.42. The highest BCUT2D eigenvalue weighted by Crippen LogP contribution is 2.23. The first kappa shape index (κ1) is 9.86. The largest absolute Gasteiger partial charge is 0.326 e. The van der Waals surface area contributed by atoms with Crippen molar-refractivity contribution in [2.45, 2.75) is 13.5 Å². The third-order valence-corrected chi connectivity index (χ3v) is 2.33. The highest BCUT2D eigenvalue weighted by Gasteiger charge is 2.06. The van der Waals surface area contributed by atoms with Gasteiger partial charge in [-0.05, 0) is 36.2 Å². The minimum Gasteiger partial charge on any atom is -0.326 e. The third-order valence-electron chi connectivity index (χ3n) is 2.33. The Bertz CT molecular complexity index is 476. The lowest BCUT2D eigenvalue weighted by atomic mass is 10.0. The van der Waals surface area contributed by atoms with Gasteiger partial charge in [-0.2, -0.15) is 5.10 Å². The number of nitrogens with one attached hydrogen (secondary N) is 1.